The van der Waals surface area contributed by atoms with Gasteiger partial charge in [-0.25, -0.2) is 4.79 Å². The number of hydrogen-bond acceptors (Lipinski definition) is 4. The maximum atomic E-state index is 11.1. The van der Waals surface area contributed by atoms with Gasteiger partial charge in [0, 0.05) is 12.6 Å². The van der Waals surface area contributed by atoms with Gasteiger partial charge < -0.3 is 20.2 Å². The van der Waals surface area contributed by atoms with Gasteiger partial charge in [-0.1, -0.05) is 13.3 Å². The number of aliphatic carboxylic acids is 1. The predicted molar refractivity (Wildman–Crippen MR) is 66.3 cm³/mol. The molecule has 8 heteroatoms. The van der Waals surface area contributed by atoms with Crippen LogP contribution in [0.2, 0.25) is 0 Å². The van der Waals surface area contributed by atoms with Crippen LogP contribution in [0.5, 0.6) is 0 Å². The third kappa shape index (κ3) is 4.66. The van der Waals surface area contributed by atoms with Gasteiger partial charge in [-0.3, -0.25) is 9.88 Å². The van der Waals surface area contributed by atoms with E-state index in [2.05, 4.69) is 17.6 Å². The number of rotatable bonds is 5. The van der Waals surface area contributed by atoms with E-state index >= 15 is 0 Å². The Balaban J connectivity index is 2.60. The summed E-state index contributed by atoms with van der Waals surface area (Å²) in [7, 11) is -4.67. The topological polar surface area (TPSA) is 119 Å². The fourth-order valence-corrected chi connectivity index (χ4v) is 2.82. The van der Waals surface area contributed by atoms with Crippen LogP contribution in [-0.2, 0) is 9.36 Å². The van der Waals surface area contributed by atoms with Gasteiger partial charge in [-0.05, 0) is 25.3 Å². The van der Waals surface area contributed by atoms with Crippen molar-refractivity contribution in [3.8, 4) is 0 Å². The quantitative estimate of drug-likeness (QED) is 0.448. The number of hydrogen-bond donors (Lipinski definition) is 5. The second kappa shape index (κ2) is 6.63. The van der Waals surface area contributed by atoms with Gasteiger partial charge >= 0.3 is 13.6 Å². The highest BCUT2D eigenvalue weighted by Crippen LogP contribution is 2.40. The van der Waals surface area contributed by atoms with Crippen LogP contribution in [-0.4, -0.2) is 45.8 Å². The Bertz CT molecular complexity index is 332. The van der Waals surface area contributed by atoms with Crippen molar-refractivity contribution in [3.63, 3.8) is 0 Å². The Hall–Kier alpha value is -0.460. The van der Waals surface area contributed by atoms with Crippen molar-refractivity contribution in [1.29, 1.82) is 0 Å². The minimum absolute atomic E-state index is 0.227. The molecule has 3 unspecified atom stereocenters. The molecule has 1 aliphatic rings. The summed E-state index contributed by atoms with van der Waals surface area (Å²) in [5, 5.41) is 14.6. The lowest BCUT2D eigenvalue weighted by atomic mass is 10.00. The number of carboxylic acids is 1. The van der Waals surface area contributed by atoms with E-state index in [-0.39, 0.29) is 6.04 Å². The SMILES string of the molecule is CCC1CCC(NC(C(=O)O)P(=O)(O)O)CNC1. The first kappa shape index (κ1) is 15.6. The summed E-state index contributed by atoms with van der Waals surface area (Å²) >= 11 is 0. The first-order valence-corrected chi connectivity index (χ1v) is 7.77. The van der Waals surface area contributed by atoms with Crippen molar-refractivity contribution in [3.05, 3.63) is 0 Å². The van der Waals surface area contributed by atoms with Crippen LogP contribution in [0.4, 0.5) is 0 Å². The van der Waals surface area contributed by atoms with Gasteiger partial charge in [0.2, 0.25) is 5.78 Å². The molecule has 1 heterocycles. The summed E-state index contributed by atoms with van der Waals surface area (Å²) in [6.07, 6.45) is 2.69. The lowest BCUT2D eigenvalue weighted by molar-refractivity contribution is -0.137. The molecule has 1 fully saturated rings. The highest BCUT2D eigenvalue weighted by molar-refractivity contribution is 7.53. The minimum atomic E-state index is -4.67. The van der Waals surface area contributed by atoms with Crippen LogP contribution in [0.25, 0.3) is 0 Å². The summed E-state index contributed by atoms with van der Waals surface area (Å²) in [5.74, 6) is -2.79. The van der Waals surface area contributed by atoms with E-state index in [1.54, 1.807) is 0 Å². The Morgan fingerprint density at radius 3 is 2.61 bits per heavy atom. The molecule has 0 aliphatic carbocycles. The fourth-order valence-electron chi connectivity index (χ4n) is 2.13. The molecule has 0 radical (unpaired) electrons. The van der Waals surface area contributed by atoms with Crippen LogP contribution < -0.4 is 10.6 Å². The molecular formula is C10H21N2O5P. The molecule has 0 amide bonds. The van der Waals surface area contributed by atoms with Crippen molar-refractivity contribution >= 4 is 13.6 Å². The van der Waals surface area contributed by atoms with E-state index < -0.39 is 19.3 Å². The van der Waals surface area contributed by atoms with Gasteiger partial charge in [-0.15, -0.1) is 0 Å². The fraction of sp³-hybridized carbons (Fsp3) is 0.900. The molecule has 7 nitrogen and oxygen atoms in total. The van der Waals surface area contributed by atoms with Crippen LogP contribution >= 0.6 is 7.60 Å². The third-order valence-corrected chi connectivity index (χ3v) is 4.33. The van der Waals surface area contributed by atoms with Gasteiger partial charge in [0.25, 0.3) is 0 Å². The van der Waals surface area contributed by atoms with Crippen LogP contribution in [0.3, 0.4) is 0 Å². The molecular weight excluding hydrogens is 259 g/mol. The Kier molecular flexibility index (Phi) is 5.75. The van der Waals surface area contributed by atoms with Crippen LogP contribution in [0.15, 0.2) is 0 Å². The number of nitrogens with one attached hydrogen (secondary N) is 2. The maximum absolute atomic E-state index is 11.1. The summed E-state index contributed by atoms with van der Waals surface area (Å²) in [5.41, 5.74) is 0. The Labute approximate surface area is 106 Å². The normalized spacial score (nSPS) is 27.5. The largest absolute Gasteiger partial charge is 0.480 e. The first-order chi connectivity index (χ1) is 8.34. The molecule has 18 heavy (non-hydrogen) atoms. The number of carboxylic acid groups (broad SMARTS) is 1. The molecule has 1 aliphatic heterocycles. The summed E-state index contributed by atoms with van der Waals surface area (Å²) in [6.45, 7) is 3.48. The highest BCUT2D eigenvalue weighted by atomic mass is 31.2. The molecule has 5 N–H and O–H groups in total. The van der Waals surface area contributed by atoms with Crippen molar-refractivity contribution in [2.45, 2.75) is 38.0 Å². The molecule has 3 atom stereocenters. The van der Waals surface area contributed by atoms with Gasteiger partial charge in [-0.2, -0.15) is 0 Å². The summed E-state index contributed by atoms with van der Waals surface area (Å²) in [6, 6.07) is -0.227. The van der Waals surface area contributed by atoms with Crippen molar-refractivity contribution < 1.29 is 24.3 Å². The first-order valence-electron chi connectivity index (χ1n) is 6.09. The van der Waals surface area contributed by atoms with Gasteiger partial charge in [0.05, 0.1) is 0 Å². The minimum Gasteiger partial charge on any atom is -0.480 e. The molecule has 1 rings (SSSR count). The molecule has 1 saturated heterocycles. The van der Waals surface area contributed by atoms with E-state index in [1.165, 1.54) is 0 Å². The molecule has 0 aromatic heterocycles. The summed E-state index contributed by atoms with van der Waals surface area (Å²) in [4.78, 5) is 28.8. The highest BCUT2D eigenvalue weighted by Gasteiger charge is 2.37. The molecule has 106 valence electrons. The maximum Gasteiger partial charge on any atom is 0.353 e. The van der Waals surface area contributed by atoms with E-state index in [0.29, 0.717) is 12.5 Å². The average Bonchev–Trinajstić information content (AvgIpc) is 2.48. The van der Waals surface area contributed by atoms with Crippen molar-refractivity contribution in [2.75, 3.05) is 13.1 Å². The summed E-state index contributed by atoms with van der Waals surface area (Å²) < 4.78 is 11.1. The molecule has 0 aromatic carbocycles. The lowest BCUT2D eigenvalue weighted by Gasteiger charge is -2.22. The van der Waals surface area contributed by atoms with Crippen LogP contribution in [0, 0.1) is 5.92 Å². The molecule has 0 bridgehead atoms. The molecule has 0 saturated carbocycles. The van der Waals surface area contributed by atoms with E-state index in [9.17, 15) is 9.36 Å². The van der Waals surface area contributed by atoms with E-state index in [0.717, 1.165) is 25.8 Å². The van der Waals surface area contributed by atoms with Crippen molar-refractivity contribution in [2.24, 2.45) is 5.92 Å². The predicted octanol–water partition coefficient (Wildman–Crippen LogP) is -0.0574. The van der Waals surface area contributed by atoms with Gasteiger partial charge in [0.1, 0.15) is 0 Å². The van der Waals surface area contributed by atoms with Crippen LogP contribution in [0.1, 0.15) is 26.2 Å². The zero-order valence-corrected chi connectivity index (χ0v) is 11.3. The molecule has 0 aromatic rings. The molecule has 0 spiro atoms. The standard InChI is InChI=1S/C10H21N2O5P/c1-2-7-3-4-8(6-11-5-7)12-9(10(13)14)18(15,16)17/h7-9,11-12H,2-6H2,1H3,(H,13,14)(H2,15,16,17). The Morgan fingerprint density at radius 1 is 1.44 bits per heavy atom. The van der Waals surface area contributed by atoms with E-state index in [4.69, 9.17) is 14.9 Å². The second-order valence-electron chi connectivity index (χ2n) is 4.70. The lowest BCUT2D eigenvalue weighted by Crippen LogP contribution is -2.46. The second-order valence-corrected chi connectivity index (χ2v) is 6.40. The monoisotopic (exact) mass is 280 g/mol. The number of carbonyl (C=O) groups is 1. The van der Waals surface area contributed by atoms with Gasteiger partial charge in [0.15, 0.2) is 0 Å². The third-order valence-electron chi connectivity index (χ3n) is 3.29. The Morgan fingerprint density at radius 2 is 2.11 bits per heavy atom. The van der Waals surface area contributed by atoms with Crippen molar-refractivity contribution in [1.82, 2.24) is 10.6 Å². The zero-order valence-electron chi connectivity index (χ0n) is 10.4. The smallest absolute Gasteiger partial charge is 0.353 e. The average molecular weight is 280 g/mol. The van der Waals surface area contributed by atoms with E-state index in [1.807, 2.05) is 0 Å². The zero-order chi connectivity index (χ0) is 13.8.